The SMILES string of the molecule is CCCOCC(O)C(C)(C)N1CCCCC1. The first-order valence-electron chi connectivity index (χ1n) is 6.60. The van der Waals surface area contributed by atoms with Gasteiger partial charge >= 0.3 is 0 Å². The van der Waals surface area contributed by atoms with Crippen LogP contribution in [-0.2, 0) is 4.74 Å². The highest BCUT2D eigenvalue weighted by Gasteiger charge is 2.34. The predicted octanol–water partition coefficient (Wildman–Crippen LogP) is 2.04. The lowest BCUT2D eigenvalue weighted by Gasteiger charge is -2.43. The average Bonchev–Trinajstić information content (AvgIpc) is 2.30. The van der Waals surface area contributed by atoms with E-state index in [-0.39, 0.29) is 5.54 Å². The normalized spacial score (nSPS) is 21.0. The summed E-state index contributed by atoms with van der Waals surface area (Å²) in [7, 11) is 0. The van der Waals surface area contributed by atoms with Crippen LogP contribution in [0.25, 0.3) is 0 Å². The van der Waals surface area contributed by atoms with Crippen LogP contribution < -0.4 is 0 Å². The Morgan fingerprint density at radius 3 is 2.44 bits per heavy atom. The van der Waals surface area contributed by atoms with Crippen LogP contribution in [0, 0.1) is 0 Å². The third-order valence-corrected chi connectivity index (χ3v) is 3.61. The Kier molecular flexibility index (Phi) is 5.73. The maximum atomic E-state index is 10.2. The molecule has 1 heterocycles. The molecule has 0 aromatic carbocycles. The second kappa shape index (κ2) is 6.58. The van der Waals surface area contributed by atoms with Gasteiger partial charge in [-0.2, -0.15) is 0 Å². The van der Waals surface area contributed by atoms with E-state index in [4.69, 9.17) is 4.74 Å². The molecule has 1 fully saturated rings. The molecule has 0 radical (unpaired) electrons. The van der Waals surface area contributed by atoms with Gasteiger partial charge in [-0.05, 0) is 46.2 Å². The molecule has 1 N–H and O–H groups in total. The van der Waals surface area contributed by atoms with Crippen molar-refractivity contribution in [3.05, 3.63) is 0 Å². The Hall–Kier alpha value is -0.120. The van der Waals surface area contributed by atoms with E-state index in [0.717, 1.165) is 26.1 Å². The van der Waals surface area contributed by atoms with Gasteiger partial charge in [0.15, 0.2) is 0 Å². The summed E-state index contributed by atoms with van der Waals surface area (Å²) < 4.78 is 5.45. The van der Waals surface area contributed by atoms with Crippen LogP contribution in [-0.4, -0.2) is 48.0 Å². The van der Waals surface area contributed by atoms with Gasteiger partial charge in [0.2, 0.25) is 0 Å². The summed E-state index contributed by atoms with van der Waals surface area (Å²) in [4.78, 5) is 2.40. The first-order valence-corrected chi connectivity index (χ1v) is 6.60. The van der Waals surface area contributed by atoms with Crippen LogP contribution in [0.4, 0.5) is 0 Å². The van der Waals surface area contributed by atoms with Crippen molar-refractivity contribution in [1.29, 1.82) is 0 Å². The highest BCUT2D eigenvalue weighted by molar-refractivity contribution is 4.90. The summed E-state index contributed by atoms with van der Waals surface area (Å²) in [5.41, 5.74) is -0.159. The molecule has 1 rings (SSSR count). The Bertz CT molecular complexity index is 188. The predicted molar refractivity (Wildman–Crippen MR) is 66.6 cm³/mol. The van der Waals surface area contributed by atoms with E-state index in [1.54, 1.807) is 0 Å². The highest BCUT2D eigenvalue weighted by Crippen LogP contribution is 2.24. The number of rotatable bonds is 6. The van der Waals surface area contributed by atoms with Gasteiger partial charge in [-0.1, -0.05) is 13.3 Å². The minimum absolute atomic E-state index is 0.159. The number of piperidine rings is 1. The lowest BCUT2D eigenvalue weighted by molar-refractivity contribution is -0.0622. The third-order valence-electron chi connectivity index (χ3n) is 3.61. The zero-order chi connectivity index (χ0) is 12.0. The largest absolute Gasteiger partial charge is 0.389 e. The van der Waals surface area contributed by atoms with Crippen LogP contribution in [0.3, 0.4) is 0 Å². The van der Waals surface area contributed by atoms with E-state index in [0.29, 0.717) is 6.61 Å². The molecule has 0 spiro atoms. The Labute approximate surface area is 99.8 Å². The molecule has 0 aromatic heterocycles. The van der Waals surface area contributed by atoms with E-state index >= 15 is 0 Å². The molecular formula is C13H27NO2. The van der Waals surface area contributed by atoms with Crippen LogP contribution >= 0.6 is 0 Å². The summed E-state index contributed by atoms with van der Waals surface area (Å²) in [5, 5.41) is 10.2. The molecular weight excluding hydrogens is 202 g/mol. The molecule has 3 nitrogen and oxygen atoms in total. The first-order chi connectivity index (χ1) is 7.59. The zero-order valence-electron chi connectivity index (χ0n) is 11.0. The number of hydrogen-bond acceptors (Lipinski definition) is 3. The molecule has 1 atom stereocenters. The highest BCUT2D eigenvalue weighted by atomic mass is 16.5. The quantitative estimate of drug-likeness (QED) is 0.707. The topological polar surface area (TPSA) is 32.7 Å². The fraction of sp³-hybridized carbons (Fsp3) is 1.00. The first kappa shape index (κ1) is 13.9. The second-order valence-corrected chi connectivity index (χ2v) is 5.29. The number of aliphatic hydroxyl groups excluding tert-OH is 1. The van der Waals surface area contributed by atoms with Gasteiger partial charge in [0.05, 0.1) is 12.7 Å². The lowest BCUT2D eigenvalue weighted by atomic mass is 9.92. The van der Waals surface area contributed by atoms with E-state index in [1.807, 2.05) is 0 Å². The maximum Gasteiger partial charge on any atom is 0.0951 e. The fourth-order valence-electron chi connectivity index (χ4n) is 2.22. The third kappa shape index (κ3) is 3.72. The number of likely N-dealkylation sites (tertiary alicyclic amines) is 1. The Morgan fingerprint density at radius 2 is 1.88 bits per heavy atom. The van der Waals surface area contributed by atoms with E-state index in [9.17, 15) is 5.11 Å². The molecule has 1 aliphatic rings. The van der Waals surface area contributed by atoms with E-state index in [1.165, 1.54) is 19.3 Å². The number of ether oxygens (including phenoxy) is 1. The van der Waals surface area contributed by atoms with Gasteiger partial charge in [-0.15, -0.1) is 0 Å². The van der Waals surface area contributed by atoms with Gasteiger partial charge in [-0.25, -0.2) is 0 Å². The maximum absolute atomic E-state index is 10.2. The molecule has 0 aromatic rings. The molecule has 0 saturated carbocycles. The summed E-state index contributed by atoms with van der Waals surface area (Å²) in [6, 6.07) is 0. The van der Waals surface area contributed by atoms with Crippen molar-refractivity contribution < 1.29 is 9.84 Å². The smallest absolute Gasteiger partial charge is 0.0951 e. The summed E-state index contributed by atoms with van der Waals surface area (Å²) in [6.07, 6.45) is 4.46. The van der Waals surface area contributed by atoms with Crippen molar-refractivity contribution in [2.24, 2.45) is 0 Å². The number of aliphatic hydroxyl groups is 1. The van der Waals surface area contributed by atoms with Crippen molar-refractivity contribution >= 4 is 0 Å². The fourth-order valence-corrected chi connectivity index (χ4v) is 2.22. The standard InChI is InChI=1S/C13H27NO2/c1-4-10-16-11-12(15)13(2,3)14-8-6-5-7-9-14/h12,15H,4-11H2,1-3H3. The van der Waals surface area contributed by atoms with Crippen molar-refractivity contribution in [3.8, 4) is 0 Å². The van der Waals surface area contributed by atoms with Gasteiger partial charge in [0.1, 0.15) is 0 Å². The number of nitrogens with zero attached hydrogens (tertiary/aromatic N) is 1. The van der Waals surface area contributed by atoms with Crippen LogP contribution in [0.2, 0.25) is 0 Å². The van der Waals surface area contributed by atoms with Gasteiger partial charge in [0.25, 0.3) is 0 Å². The second-order valence-electron chi connectivity index (χ2n) is 5.29. The average molecular weight is 229 g/mol. The van der Waals surface area contributed by atoms with E-state index in [2.05, 4.69) is 25.7 Å². The molecule has 1 aliphatic heterocycles. The molecule has 0 bridgehead atoms. The molecule has 96 valence electrons. The van der Waals surface area contributed by atoms with Crippen molar-refractivity contribution in [3.63, 3.8) is 0 Å². The van der Waals surface area contributed by atoms with Crippen LogP contribution in [0.1, 0.15) is 46.5 Å². The summed E-state index contributed by atoms with van der Waals surface area (Å²) in [6.45, 7) is 9.75. The van der Waals surface area contributed by atoms with Crippen molar-refractivity contribution in [2.45, 2.75) is 58.1 Å². The van der Waals surface area contributed by atoms with Crippen molar-refractivity contribution in [2.75, 3.05) is 26.3 Å². The zero-order valence-corrected chi connectivity index (χ0v) is 11.0. The van der Waals surface area contributed by atoms with Gasteiger partial charge in [-0.3, -0.25) is 4.90 Å². The van der Waals surface area contributed by atoms with Gasteiger partial charge < -0.3 is 9.84 Å². The van der Waals surface area contributed by atoms with Gasteiger partial charge in [0, 0.05) is 12.1 Å². The molecule has 1 saturated heterocycles. The lowest BCUT2D eigenvalue weighted by Crippen LogP contribution is -2.55. The Balaban J connectivity index is 2.40. The minimum Gasteiger partial charge on any atom is -0.389 e. The monoisotopic (exact) mass is 229 g/mol. The van der Waals surface area contributed by atoms with Crippen LogP contribution in [0.15, 0.2) is 0 Å². The summed E-state index contributed by atoms with van der Waals surface area (Å²) >= 11 is 0. The minimum atomic E-state index is -0.392. The molecule has 1 unspecified atom stereocenters. The Morgan fingerprint density at radius 1 is 1.25 bits per heavy atom. The molecule has 0 aliphatic carbocycles. The molecule has 3 heteroatoms. The van der Waals surface area contributed by atoms with E-state index < -0.39 is 6.10 Å². The van der Waals surface area contributed by atoms with Crippen LogP contribution in [0.5, 0.6) is 0 Å². The van der Waals surface area contributed by atoms with Crippen molar-refractivity contribution in [1.82, 2.24) is 4.90 Å². The summed E-state index contributed by atoms with van der Waals surface area (Å²) in [5.74, 6) is 0. The molecule has 0 amide bonds. The number of hydrogen-bond donors (Lipinski definition) is 1. The molecule has 16 heavy (non-hydrogen) atoms.